The first kappa shape index (κ1) is 15.3. The highest BCUT2D eigenvalue weighted by Gasteiger charge is 2.12. The highest BCUT2D eigenvalue weighted by Crippen LogP contribution is 2.26. The van der Waals surface area contributed by atoms with Crippen molar-refractivity contribution in [1.82, 2.24) is 5.32 Å². The first-order chi connectivity index (χ1) is 10.5. The zero-order chi connectivity index (χ0) is 16.1. The van der Waals surface area contributed by atoms with Crippen molar-refractivity contribution in [3.05, 3.63) is 53.8 Å². The van der Waals surface area contributed by atoms with E-state index >= 15 is 0 Å². The molecule has 0 aliphatic carbocycles. The zero-order valence-electron chi connectivity index (χ0n) is 11.2. The molecule has 0 saturated carbocycles. The third-order valence-electron chi connectivity index (χ3n) is 2.66. The maximum atomic E-state index is 13.7. The van der Waals surface area contributed by atoms with Crippen LogP contribution in [0.3, 0.4) is 0 Å². The zero-order valence-corrected chi connectivity index (χ0v) is 11.2. The van der Waals surface area contributed by atoms with Gasteiger partial charge in [0, 0.05) is 5.56 Å². The summed E-state index contributed by atoms with van der Waals surface area (Å²) in [6.07, 6.45) is 0. The number of ether oxygens (including phenoxy) is 1. The number of carboxylic acid groups (broad SMARTS) is 1. The van der Waals surface area contributed by atoms with E-state index in [1.165, 1.54) is 36.4 Å². The van der Waals surface area contributed by atoms with E-state index in [1.54, 1.807) is 0 Å². The molecule has 114 valence electrons. The summed E-state index contributed by atoms with van der Waals surface area (Å²) < 4.78 is 19.0. The molecule has 0 aliphatic heterocycles. The van der Waals surface area contributed by atoms with Gasteiger partial charge >= 0.3 is 5.97 Å². The smallest absolute Gasteiger partial charge is 0.322 e. The van der Waals surface area contributed by atoms with Gasteiger partial charge < -0.3 is 20.3 Å². The lowest BCUT2D eigenvalue weighted by molar-refractivity contribution is -0.135. The van der Waals surface area contributed by atoms with Crippen LogP contribution >= 0.6 is 0 Å². The standard InChI is InChI=1S/C15H12FNO5/c16-12-6-1-9(15(21)17-8-14(19)20)7-13(12)22-11-4-2-10(18)3-5-11/h1-7,18H,8H2,(H,17,21)(H,19,20). The Hall–Kier alpha value is -3.09. The van der Waals surface area contributed by atoms with Gasteiger partial charge in [-0.2, -0.15) is 0 Å². The number of hydrogen-bond donors (Lipinski definition) is 3. The molecule has 0 aliphatic rings. The van der Waals surface area contributed by atoms with Crippen LogP contribution in [-0.4, -0.2) is 28.6 Å². The van der Waals surface area contributed by atoms with E-state index in [1.807, 2.05) is 0 Å². The number of rotatable bonds is 5. The van der Waals surface area contributed by atoms with Crippen molar-refractivity contribution in [1.29, 1.82) is 0 Å². The van der Waals surface area contributed by atoms with Crippen molar-refractivity contribution < 1.29 is 28.9 Å². The van der Waals surface area contributed by atoms with Gasteiger partial charge in [-0.25, -0.2) is 4.39 Å². The summed E-state index contributed by atoms with van der Waals surface area (Å²) in [7, 11) is 0. The van der Waals surface area contributed by atoms with Crippen LogP contribution in [0.2, 0.25) is 0 Å². The maximum Gasteiger partial charge on any atom is 0.322 e. The summed E-state index contributed by atoms with van der Waals surface area (Å²) in [4.78, 5) is 22.1. The monoisotopic (exact) mass is 305 g/mol. The van der Waals surface area contributed by atoms with Crippen LogP contribution in [0.25, 0.3) is 0 Å². The summed E-state index contributed by atoms with van der Waals surface area (Å²) in [6, 6.07) is 9.05. The molecule has 2 aromatic carbocycles. The van der Waals surface area contributed by atoms with E-state index < -0.39 is 24.2 Å². The van der Waals surface area contributed by atoms with Crippen molar-refractivity contribution in [3.8, 4) is 17.2 Å². The average Bonchev–Trinajstić information content (AvgIpc) is 2.49. The van der Waals surface area contributed by atoms with Gasteiger partial charge in [-0.1, -0.05) is 0 Å². The molecule has 0 heterocycles. The predicted octanol–water partition coefficient (Wildman–Crippen LogP) is 2.14. The average molecular weight is 305 g/mol. The molecule has 3 N–H and O–H groups in total. The third-order valence-corrected chi connectivity index (χ3v) is 2.66. The number of carbonyl (C=O) groups excluding carboxylic acids is 1. The van der Waals surface area contributed by atoms with Gasteiger partial charge in [0.15, 0.2) is 11.6 Å². The van der Waals surface area contributed by atoms with Gasteiger partial charge in [0.2, 0.25) is 0 Å². The molecule has 7 heteroatoms. The van der Waals surface area contributed by atoms with Gasteiger partial charge in [0.1, 0.15) is 18.0 Å². The fraction of sp³-hybridized carbons (Fsp3) is 0.0667. The molecule has 0 unspecified atom stereocenters. The van der Waals surface area contributed by atoms with Gasteiger partial charge in [0.05, 0.1) is 0 Å². The number of halogens is 1. The molecule has 22 heavy (non-hydrogen) atoms. The lowest BCUT2D eigenvalue weighted by Gasteiger charge is -2.09. The summed E-state index contributed by atoms with van der Waals surface area (Å²) in [6.45, 7) is -0.537. The normalized spacial score (nSPS) is 10.0. The Morgan fingerprint density at radius 3 is 2.45 bits per heavy atom. The van der Waals surface area contributed by atoms with Gasteiger partial charge in [-0.3, -0.25) is 9.59 Å². The predicted molar refractivity (Wildman–Crippen MR) is 74.5 cm³/mol. The molecule has 0 aromatic heterocycles. The summed E-state index contributed by atoms with van der Waals surface area (Å²) in [5.74, 6) is -2.39. The van der Waals surface area contributed by atoms with E-state index in [4.69, 9.17) is 14.9 Å². The van der Waals surface area contributed by atoms with Crippen LogP contribution in [0.15, 0.2) is 42.5 Å². The first-order valence-electron chi connectivity index (χ1n) is 6.22. The Kier molecular flexibility index (Phi) is 4.57. The summed E-state index contributed by atoms with van der Waals surface area (Å²) in [5, 5.41) is 19.8. The van der Waals surface area contributed by atoms with E-state index in [2.05, 4.69) is 5.32 Å². The minimum Gasteiger partial charge on any atom is -0.508 e. The van der Waals surface area contributed by atoms with Crippen LogP contribution in [-0.2, 0) is 4.79 Å². The lowest BCUT2D eigenvalue weighted by Crippen LogP contribution is -2.29. The van der Waals surface area contributed by atoms with Crippen molar-refractivity contribution in [2.75, 3.05) is 6.54 Å². The minimum absolute atomic E-state index is 0.0367. The molecule has 0 fully saturated rings. The van der Waals surface area contributed by atoms with Gasteiger partial charge in [-0.05, 0) is 42.5 Å². The van der Waals surface area contributed by atoms with Crippen molar-refractivity contribution in [2.45, 2.75) is 0 Å². The Bertz CT molecular complexity index is 700. The summed E-state index contributed by atoms with van der Waals surface area (Å²) >= 11 is 0. The number of carbonyl (C=O) groups is 2. The van der Waals surface area contributed by atoms with Gasteiger partial charge in [-0.15, -0.1) is 0 Å². The lowest BCUT2D eigenvalue weighted by atomic mass is 10.2. The van der Waals surface area contributed by atoms with E-state index in [-0.39, 0.29) is 22.8 Å². The Labute approximate surface area is 124 Å². The number of aromatic hydroxyl groups is 1. The van der Waals surface area contributed by atoms with Gasteiger partial charge in [0.25, 0.3) is 5.91 Å². The number of benzene rings is 2. The molecule has 0 saturated heterocycles. The highest BCUT2D eigenvalue weighted by molar-refractivity contribution is 5.96. The topological polar surface area (TPSA) is 95.9 Å². The Morgan fingerprint density at radius 2 is 1.82 bits per heavy atom. The fourth-order valence-corrected chi connectivity index (χ4v) is 1.62. The van der Waals surface area contributed by atoms with E-state index in [0.717, 1.165) is 6.07 Å². The van der Waals surface area contributed by atoms with Crippen molar-refractivity contribution in [2.24, 2.45) is 0 Å². The van der Waals surface area contributed by atoms with E-state index in [0.29, 0.717) is 0 Å². The first-order valence-corrected chi connectivity index (χ1v) is 6.22. The number of phenols is 1. The molecule has 0 spiro atoms. The molecule has 2 rings (SSSR count). The second-order valence-electron chi connectivity index (χ2n) is 4.32. The summed E-state index contributed by atoms with van der Waals surface area (Å²) in [5.41, 5.74) is 0.0661. The molecule has 0 atom stereocenters. The SMILES string of the molecule is O=C(O)CNC(=O)c1ccc(F)c(Oc2ccc(O)cc2)c1. The Morgan fingerprint density at radius 1 is 1.14 bits per heavy atom. The molecule has 6 nitrogen and oxygen atoms in total. The molecule has 1 amide bonds. The van der Waals surface area contributed by atoms with Crippen molar-refractivity contribution in [3.63, 3.8) is 0 Å². The molecule has 0 radical (unpaired) electrons. The van der Waals surface area contributed by atoms with Crippen LogP contribution in [0, 0.1) is 5.82 Å². The van der Waals surface area contributed by atoms with Crippen LogP contribution in [0.1, 0.15) is 10.4 Å². The molecule has 0 bridgehead atoms. The van der Waals surface area contributed by atoms with Crippen LogP contribution < -0.4 is 10.1 Å². The number of amides is 1. The maximum absolute atomic E-state index is 13.7. The third kappa shape index (κ3) is 3.95. The largest absolute Gasteiger partial charge is 0.508 e. The number of aliphatic carboxylic acids is 1. The number of hydrogen-bond acceptors (Lipinski definition) is 4. The van der Waals surface area contributed by atoms with Crippen molar-refractivity contribution >= 4 is 11.9 Å². The quantitative estimate of drug-likeness (QED) is 0.786. The highest BCUT2D eigenvalue weighted by atomic mass is 19.1. The number of phenolic OH excluding ortho intramolecular Hbond substituents is 1. The molecule has 2 aromatic rings. The second-order valence-corrected chi connectivity index (χ2v) is 4.32. The fourth-order valence-electron chi connectivity index (χ4n) is 1.62. The van der Waals surface area contributed by atoms with Crippen LogP contribution in [0.4, 0.5) is 4.39 Å². The number of nitrogens with one attached hydrogen (secondary N) is 1. The second kappa shape index (κ2) is 6.57. The number of carboxylic acids is 1. The Balaban J connectivity index is 2.17. The minimum atomic E-state index is -1.18. The molecular formula is C15H12FNO5. The molecular weight excluding hydrogens is 293 g/mol. The van der Waals surface area contributed by atoms with E-state index in [9.17, 15) is 14.0 Å². The van der Waals surface area contributed by atoms with Crippen LogP contribution in [0.5, 0.6) is 17.2 Å².